The fraction of sp³-hybridized carbons (Fsp3) is 0.267. The number of nitrogens with one attached hydrogen (secondary N) is 1. The molecule has 23 heavy (non-hydrogen) atoms. The van der Waals surface area contributed by atoms with Gasteiger partial charge in [-0.15, -0.1) is 0 Å². The Morgan fingerprint density at radius 3 is 3.00 bits per heavy atom. The number of pyridine rings is 1. The van der Waals surface area contributed by atoms with E-state index < -0.39 is 11.0 Å². The summed E-state index contributed by atoms with van der Waals surface area (Å²) in [6, 6.07) is 5.91. The highest BCUT2D eigenvalue weighted by molar-refractivity contribution is 7.93. The second-order valence-electron chi connectivity index (χ2n) is 5.54. The molecule has 0 fully saturated rings. The summed E-state index contributed by atoms with van der Waals surface area (Å²) in [5.41, 5.74) is 3.14. The molecule has 1 amide bonds. The van der Waals surface area contributed by atoms with E-state index >= 15 is 0 Å². The number of aromatic nitrogens is 3. The number of rotatable bonds is 3. The summed E-state index contributed by atoms with van der Waals surface area (Å²) in [6.07, 6.45) is 5.83. The topological polar surface area (TPSA) is 80.1 Å². The molecular formula is C15H15N5O2S. The van der Waals surface area contributed by atoms with E-state index in [9.17, 15) is 9.00 Å². The van der Waals surface area contributed by atoms with Crippen LogP contribution in [-0.2, 0) is 35.3 Å². The largest absolute Gasteiger partial charge is 0.293 e. The highest BCUT2D eigenvalue weighted by Crippen LogP contribution is 2.22. The first kappa shape index (κ1) is 14.3. The predicted octanol–water partition coefficient (Wildman–Crippen LogP) is 0.428. The van der Waals surface area contributed by atoms with Gasteiger partial charge in [0.25, 0.3) is 5.91 Å². The van der Waals surface area contributed by atoms with E-state index in [0.717, 1.165) is 43.0 Å². The Labute approximate surface area is 135 Å². The van der Waals surface area contributed by atoms with Crippen LogP contribution in [0.25, 0.3) is 5.03 Å². The first-order valence-corrected chi connectivity index (χ1v) is 8.48. The van der Waals surface area contributed by atoms with Crippen LogP contribution in [0.5, 0.6) is 0 Å². The fourth-order valence-electron chi connectivity index (χ4n) is 2.83. The molecule has 0 saturated heterocycles. The minimum atomic E-state index is -1.52. The van der Waals surface area contributed by atoms with E-state index in [2.05, 4.69) is 19.7 Å². The monoisotopic (exact) mass is 329 g/mol. The standard InChI is InChI=1S/C15H15N5O2S/c21-14-7-15(23(22)18-14)20-9-11-8-19(6-4-13(11)17-20)10-12-3-1-2-5-16-12/h1-3,5,7,9H,4,6,8,10H2,(H,18,21). The highest BCUT2D eigenvalue weighted by atomic mass is 32.2. The van der Waals surface area contributed by atoms with Gasteiger partial charge in [-0.05, 0) is 12.1 Å². The number of carbonyl (C=O) groups excluding carboxylic acids is 1. The van der Waals surface area contributed by atoms with Crippen molar-refractivity contribution in [1.29, 1.82) is 0 Å². The maximum Gasteiger partial charge on any atom is 0.258 e. The summed E-state index contributed by atoms with van der Waals surface area (Å²) in [4.78, 5) is 18.0. The van der Waals surface area contributed by atoms with Crippen molar-refractivity contribution < 1.29 is 9.00 Å². The lowest BCUT2D eigenvalue weighted by atomic mass is 10.1. The number of amides is 1. The first-order chi connectivity index (χ1) is 11.2. The van der Waals surface area contributed by atoms with Crippen molar-refractivity contribution in [1.82, 2.24) is 24.4 Å². The maximum atomic E-state index is 11.8. The summed E-state index contributed by atoms with van der Waals surface area (Å²) < 4.78 is 15.7. The van der Waals surface area contributed by atoms with Gasteiger partial charge in [0.1, 0.15) is 0 Å². The molecule has 7 nitrogen and oxygen atoms in total. The summed E-state index contributed by atoms with van der Waals surface area (Å²) >= 11 is 0. The van der Waals surface area contributed by atoms with Gasteiger partial charge >= 0.3 is 0 Å². The van der Waals surface area contributed by atoms with Crippen LogP contribution < -0.4 is 4.72 Å². The third-order valence-electron chi connectivity index (χ3n) is 3.91. The number of nitrogens with zero attached hydrogens (tertiary/aromatic N) is 4. The van der Waals surface area contributed by atoms with Crippen molar-refractivity contribution in [3.05, 3.63) is 53.6 Å². The van der Waals surface area contributed by atoms with Crippen LogP contribution >= 0.6 is 0 Å². The van der Waals surface area contributed by atoms with Crippen LogP contribution in [0.15, 0.2) is 36.7 Å². The third-order valence-corrected chi connectivity index (χ3v) is 4.98. The van der Waals surface area contributed by atoms with Crippen LogP contribution in [0, 0.1) is 0 Å². The van der Waals surface area contributed by atoms with Crippen LogP contribution in [0.1, 0.15) is 17.0 Å². The molecule has 118 valence electrons. The van der Waals surface area contributed by atoms with E-state index in [1.54, 1.807) is 10.9 Å². The Kier molecular flexibility index (Phi) is 3.55. The zero-order valence-corrected chi connectivity index (χ0v) is 13.1. The van der Waals surface area contributed by atoms with Crippen molar-refractivity contribution in [3.63, 3.8) is 0 Å². The number of hydrogen-bond donors (Lipinski definition) is 1. The maximum absolute atomic E-state index is 11.8. The van der Waals surface area contributed by atoms with Crippen molar-refractivity contribution in [2.45, 2.75) is 19.5 Å². The molecule has 1 atom stereocenters. The van der Waals surface area contributed by atoms with Gasteiger partial charge in [0.05, 0.1) is 11.4 Å². The smallest absolute Gasteiger partial charge is 0.258 e. The van der Waals surface area contributed by atoms with Gasteiger partial charge in [0, 0.05) is 50.1 Å². The van der Waals surface area contributed by atoms with Crippen molar-refractivity contribution in [2.75, 3.05) is 6.54 Å². The van der Waals surface area contributed by atoms with Gasteiger partial charge in [-0.25, -0.2) is 8.89 Å². The van der Waals surface area contributed by atoms with E-state index in [1.165, 1.54) is 6.08 Å². The molecular weight excluding hydrogens is 314 g/mol. The SMILES string of the molecule is O=C1C=C(n2cc3c(n2)CCN(Cc2ccccn2)C3)S(=O)N1. The Morgan fingerprint density at radius 1 is 1.35 bits per heavy atom. The number of fused-ring (bicyclic) bond motifs is 1. The molecule has 0 aromatic carbocycles. The zero-order valence-electron chi connectivity index (χ0n) is 12.3. The Morgan fingerprint density at radius 2 is 2.26 bits per heavy atom. The average molecular weight is 329 g/mol. The summed E-state index contributed by atoms with van der Waals surface area (Å²) in [5, 5.41) is 4.87. The van der Waals surface area contributed by atoms with E-state index in [1.807, 2.05) is 24.4 Å². The third kappa shape index (κ3) is 2.82. The second-order valence-corrected chi connectivity index (χ2v) is 6.70. The van der Waals surface area contributed by atoms with Crippen molar-refractivity contribution >= 4 is 21.9 Å². The molecule has 0 radical (unpaired) electrons. The summed E-state index contributed by atoms with van der Waals surface area (Å²) in [5.74, 6) is -0.344. The molecule has 0 spiro atoms. The summed E-state index contributed by atoms with van der Waals surface area (Å²) in [6.45, 7) is 2.47. The van der Waals surface area contributed by atoms with Crippen LogP contribution in [0.3, 0.4) is 0 Å². The fourth-order valence-corrected chi connectivity index (χ4v) is 3.65. The number of carbonyl (C=O) groups is 1. The molecule has 2 aromatic heterocycles. The zero-order chi connectivity index (χ0) is 15.8. The molecule has 8 heteroatoms. The van der Waals surface area contributed by atoms with E-state index in [0.29, 0.717) is 5.03 Å². The predicted molar refractivity (Wildman–Crippen MR) is 84.8 cm³/mol. The Balaban J connectivity index is 1.53. The normalized spacial score (nSPS) is 21.0. The molecule has 4 rings (SSSR count). The average Bonchev–Trinajstić information content (AvgIpc) is 3.10. The van der Waals surface area contributed by atoms with Gasteiger partial charge in [0.15, 0.2) is 16.0 Å². The molecule has 2 aliphatic heterocycles. The summed E-state index contributed by atoms with van der Waals surface area (Å²) in [7, 11) is -1.52. The quantitative estimate of drug-likeness (QED) is 0.883. The lowest BCUT2D eigenvalue weighted by Crippen LogP contribution is -2.29. The molecule has 2 aliphatic rings. The van der Waals surface area contributed by atoms with Gasteiger partial charge in [-0.1, -0.05) is 6.07 Å². The molecule has 1 unspecified atom stereocenters. The molecule has 1 N–H and O–H groups in total. The van der Waals surface area contributed by atoms with Crippen LogP contribution in [-0.4, -0.2) is 36.3 Å². The minimum Gasteiger partial charge on any atom is -0.293 e. The van der Waals surface area contributed by atoms with Crippen molar-refractivity contribution in [2.24, 2.45) is 0 Å². The second kappa shape index (κ2) is 5.71. The first-order valence-electron chi connectivity index (χ1n) is 7.33. The Bertz CT molecular complexity index is 815. The minimum absolute atomic E-state index is 0.344. The van der Waals surface area contributed by atoms with Gasteiger partial charge < -0.3 is 0 Å². The molecule has 4 heterocycles. The van der Waals surface area contributed by atoms with E-state index in [-0.39, 0.29) is 5.91 Å². The molecule has 0 saturated carbocycles. The van der Waals surface area contributed by atoms with Gasteiger partial charge in [0.2, 0.25) is 0 Å². The lowest BCUT2D eigenvalue weighted by molar-refractivity contribution is -0.114. The van der Waals surface area contributed by atoms with Crippen molar-refractivity contribution in [3.8, 4) is 0 Å². The number of hydrogen-bond acceptors (Lipinski definition) is 5. The lowest BCUT2D eigenvalue weighted by Gasteiger charge is -2.25. The highest BCUT2D eigenvalue weighted by Gasteiger charge is 2.25. The van der Waals surface area contributed by atoms with Crippen LogP contribution in [0.4, 0.5) is 0 Å². The van der Waals surface area contributed by atoms with Gasteiger partial charge in [-0.3, -0.25) is 19.4 Å². The van der Waals surface area contributed by atoms with E-state index in [4.69, 9.17) is 0 Å². The molecule has 0 aliphatic carbocycles. The van der Waals surface area contributed by atoms with Crippen LogP contribution in [0.2, 0.25) is 0 Å². The molecule has 0 bridgehead atoms. The molecule has 2 aromatic rings. The van der Waals surface area contributed by atoms with Gasteiger partial charge in [-0.2, -0.15) is 5.10 Å². The Hall–Kier alpha value is -2.32.